The third-order valence-corrected chi connectivity index (χ3v) is 24.9. The Hall–Kier alpha value is -2.05. The molecule has 1 fully saturated rings. The topological polar surface area (TPSA) is 36.7 Å². The van der Waals surface area contributed by atoms with Crippen LogP contribution >= 0.6 is 0 Å². The molecular formula is C36H52N2O2Sn. The first-order chi connectivity index (χ1) is 20.1. The molecule has 41 heavy (non-hydrogen) atoms. The van der Waals surface area contributed by atoms with Crippen LogP contribution in [0.25, 0.3) is 0 Å². The Morgan fingerprint density at radius 3 is 1.98 bits per heavy atom. The fourth-order valence-corrected chi connectivity index (χ4v) is 22.6. The number of carbonyl (C=O) groups is 1. The number of likely N-dealkylation sites (tertiary alicyclic amines) is 1. The van der Waals surface area contributed by atoms with Gasteiger partial charge in [-0.1, -0.05) is 18.2 Å². The Bertz CT molecular complexity index is 1120. The molecule has 1 aromatic heterocycles. The fraction of sp³-hybridized carbons (Fsp3) is 0.528. The van der Waals surface area contributed by atoms with Crippen molar-refractivity contribution in [3.8, 4) is 0 Å². The van der Waals surface area contributed by atoms with Crippen molar-refractivity contribution in [1.29, 1.82) is 0 Å². The van der Waals surface area contributed by atoms with Crippen LogP contribution in [0.2, 0.25) is 13.3 Å². The Labute approximate surface area is 253 Å². The fourth-order valence-electron chi connectivity index (χ4n) is 6.67. The van der Waals surface area contributed by atoms with Crippen molar-refractivity contribution >= 4 is 33.6 Å². The summed E-state index contributed by atoms with van der Waals surface area (Å²) < 4.78 is 11.9. The minimum absolute atomic E-state index is 0.0435. The van der Waals surface area contributed by atoms with E-state index >= 15 is 0 Å². The Balaban J connectivity index is 1.36. The van der Waals surface area contributed by atoms with Gasteiger partial charge in [0, 0.05) is 0 Å². The van der Waals surface area contributed by atoms with E-state index in [1.54, 1.807) is 22.0 Å². The molecule has 2 heterocycles. The average Bonchev–Trinajstić information content (AvgIpc) is 3.57. The number of anilines is 1. The molecule has 2 aromatic carbocycles. The van der Waals surface area contributed by atoms with Gasteiger partial charge >= 0.3 is 191 Å². The summed E-state index contributed by atoms with van der Waals surface area (Å²) in [6, 6.07) is 23.8. The van der Waals surface area contributed by atoms with Gasteiger partial charge in [-0.25, -0.2) is 0 Å². The summed E-state index contributed by atoms with van der Waals surface area (Å²) in [6.45, 7) is 10.2. The van der Waals surface area contributed by atoms with Crippen LogP contribution < -0.4 is 8.48 Å². The molecule has 0 unspecified atom stereocenters. The van der Waals surface area contributed by atoms with Gasteiger partial charge in [0.1, 0.15) is 0 Å². The number of piperidine rings is 1. The molecule has 0 spiro atoms. The Morgan fingerprint density at radius 2 is 1.44 bits per heavy atom. The molecule has 0 aliphatic carbocycles. The molecule has 3 aromatic rings. The van der Waals surface area contributed by atoms with Gasteiger partial charge < -0.3 is 4.42 Å². The van der Waals surface area contributed by atoms with Crippen LogP contribution in [-0.2, 0) is 6.42 Å². The van der Waals surface area contributed by atoms with Gasteiger partial charge in [0.2, 0.25) is 0 Å². The van der Waals surface area contributed by atoms with Gasteiger partial charge in [0.05, 0.1) is 6.26 Å². The minimum atomic E-state index is -2.35. The molecule has 1 aliphatic rings. The van der Waals surface area contributed by atoms with Crippen molar-refractivity contribution in [3.63, 3.8) is 0 Å². The van der Waals surface area contributed by atoms with Crippen LogP contribution in [0.3, 0.4) is 0 Å². The van der Waals surface area contributed by atoms with E-state index in [-0.39, 0.29) is 11.9 Å². The van der Waals surface area contributed by atoms with Gasteiger partial charge in [-0.15, -0.1) is 0 Å². The Morgan fingerprint density at radius 1 is 0.829 bits per heavy atom. The molecule has 1 aliphatic heterocycles. The third kappa shape index (κ3) is 8.73. The van der Waals surface area contributed by atoms with E-state index in [1.807, 2.05) is 35.2 Å². The number of hydrogen-bond donors (Lipinski definition) is 0. The number of carbonyl (C=O) groups excluding carboxylic acids is 1. The van der Waals surface area contributed by atoms with Crippen molar-refractivity contribution in [1.82, 2.24) is 4.90 Å². The Kier molecular flexibility index (Phi) is 12.9. The van der Waals surface area contributed by atoms with Gasteiger partial charge in [-0.05, 0) is 24.3 Å². The molecule has 1 saturated heterocycles. The zero-order valence-corrected chi connectivity index (χ0v) is 28.7. The van der Waals surface area contributed by atoms with Crippen LogP contribution in [0, 0.1) is 0 Å². The zero-order chi connectivity index (χ0) is 28.9. The summed E-state index contributed by atoms with van der Waals surface area (Å²) in [7, 11) is 0. The number of benzene rings is 2. The van der Waals surface area contributed by atoms with E-state index in [2.05, 4.69) is 49.9 Å². The van der Waals surface area contributed by atoms with E-state index < -0.39 is 18.4 Å². The molecule has 0 bridgehead atoms. The second-order valence-electron chi connectivity index (χ2n) is 12.1. The average molecular weight is 664 g/mol. The van der Waals surface area contributed by atoms with Crippen molar-refractivity contribution in [3.05, 3.63) is 84.3 Å². The molecule has 222 valence electrons. The van der Waals surface area contributed by atoms with Crippen molar-refractivity contribution < 1.29 is 9.21 Å². The molecule has 0 saturated carbocycles. The number of rotatable bonds is 16. The van der Waals surface area contributed by atoms with Crippen molar-refractivity contribution in [2.75, 3.05) is 24.5 Å². The molecule has 4 nitrogen and oxygen atoms in total. The zero-order valence-electron chi connectivity index (χ0n) is 25.8. The molecule has 0 radical (unpaired) electrons. The van der Waals surface area contributed by atoms with Gasteiger partial charge in [-0.2, -0.15) is 0 Å². The quantitative estimate of drug-likeness (QED) is 0.144. The molecule has 5 heteroatoms. The summed E-state index contributed by atoms with van der Waals surface area (Å²) in [5.74, 6) is 0.366. The molecule has 0 N–H and O–H groups in total. The SMILES string of the molecule is CCC[CH2][Sn]([CH2]CCC)([CH2]CCC)[c]1ccc(CCN2CCC(N(C(=O)c3ccco3)c3ccccc3)CC2)cc1. The monoisotopic (exact) mass is 664 g/mol. The predicted molar refractivity (Wildman–Crippen MR) is 176 cm³/mol. The summed E-state index contributed by atoms with van der Waals surface area (Å²) in [4.78, 5) is 17.9. The number of furan rings is 1. The summed E-state index contributed by atoms with van der Waals surface area (Å²) in [5.41, 5.74) is 2.42. The third-order valence-electron chi connectivity index (χ3n) is 9.22. The maximum atomic E-state index is 13.4. The first-order valence-electron chi connectivity index (χ1n) is 16.3. The molecule has 0 atom stereocenters. The number of amides is 1. The molecular weight excluding hydrogens is 611 g/mol. The van der Waals surface area contributed by atoms with Gasteiger partial charge in [-0.3, -0.25) is 4.79 Å². The number of para-hydroxylation sites is 1. The summed E-state index contributed by atoms with van der Waals surface area (Å²) in [6.07, 6.45) is 12.8. The number of nitrogens with zero attached hydrogens (tertiary/aromatic N) is 2. The van der Waals surface area contributed by atoms with E-state index in [4.69, 9.17) is 4.42 Å². The van der Waals surface area contributed by atoms with Gasteiger partial charge in [0.15, 0.2) is 5.76 Å². The number of hydrogen-bond acceptors (Lipinski definition) is 3. The van der Waals surface area contributed by atoms with E-state index in [0.717, 1.165) is 44.6 Å². The van der Waals surface area contributed by atoms with Crippen LogP contribution in [0.15, 0.2) is 77.4 Å². The van der Waals surface area contributed by atoms with E-state index in [0.29, 0.717) is 5.76 Å². The van der Waals surface area contributed by atoms with Crippen LogP contribution in [0.4, 0.5) is 5.69 Å². The van der Waals surface area contributed by atoms with Gasteiger partial charge in [0.25, 0.3) is 0 Å². The van der Waals surface area contributed by atoms with E-state index in [9.17, 15) is 4.79 Å². The van der Waals surface area contributed by atoms with Crippen molar-refractivity contribution in [2.45, 2.75) is 97.9 Å². The standard InChI is InChI=1S/C24H25N2O2.3C4H9.Sn/c27-24(23-12-7-19-28-23)26(21-10-5-2-6-11-21)22-14-17-25(18-15-22)16-13-20-8-3-1-4-9-20;3*1-3-4-2;/h2-12,19,22H,13-18H2;3*1,3-4H2,2H3;. The molecule has 4 rings (SSSR count). The second kappa shape index (κ2) is 16.6. The van der Waals surface area contributed by atoms with E-state index in [1.165, 1.54) is 57.4 Å². The summed E-state index contributed by atoms with van der Waals surface area (Å²) in [5, 5.41) is 0. The second-order valence-corrected chi connectivity index (χ2v) is 25.3. The normalized spacial score (nSPS) is 14.8. The van der Waals surface area contributed by atoms with Crippen LogP contribution in [-0.4, -0.2) is 54.9 Å². The number of unbranched alkanes of at least 4 members (excludes halogenated alkanes) is 3. The van der Waals surface area contributed by atoms with Crippen LogP contribution in [0.5, 0.6) is 0 Å². The molecule has 1 amide bonds. The first-order valence-corrected chi connectivity index (χ1v) is 23.8. The maximum absolute atomic E-state index is 13.4. The first kappa shape index (κ1) is 31.9. The van der Waals surface area contributed by atoms with Crippen molar-refractivity contribution in [2.24, 2.45) is 0 Å². The predicted octanol–water partition coefficient (Wildman–Crippen LogP) is 8.69. The summed E-state index contributed by atoms with van der Waals surface area (Å²) >= 11 is -2.35. The van der Waals surface area contributed by atoms with Crippen LogP contribution in [0.1, 0.15) is 88.3 Å².